The van der Waals surface area contributed by atoms with E-state index < -0.39 is 0 Å². The predicted octanol–water partition coefficient (Wildman–Crippen LogP) is 20.6. The normalized spacial score (nSPS) is 44.7. The van der Waals surface area contributed by atoms with Crippen molar-refractivity contribution in [3.63, 3.8) is 0 Å². The molecule has 0 nitrogen and oxygen atoms in total. The Balaban J connectivity index is 0.000000138. The summed E-state index contributed by atoms with van der Waals surface area (Å²) in [6.07, 6.45) is 53.2. The van der Waals surface area contributed by atoms with E-state index in [4.69, 9.17) is 0 Å². The Bertz CT molecular complexity index is 1110. The third-order valence-corrected chi connectivity index (χ3v) is 22.0. The minimum Gasteiger partial charge on any atom is -0.0654 e. The average Bonchev–Trinajstić information content (AvgIpc) is 4.13. The maximum absolute atomic E-state index is 2.55. The molecule has 0 heteroatoms. The van der Waals surface area contributed by atoms with Crippen LogP contribution in [0.2, 0.25) is 0 Å². The van der Waals surface area contributed by atoms with Gasteiger partial charge in [-0.3, -0.25) is 0 Å². The highest BCUT2D eigenvalue weighted by molar-refractivity contribution is 4.96. The minimum atomic E-state index is 1.01. The molecule has 18 unspecified atom stereocenters. The molecule has 18 atom stereocenters. The Kier molecular flexibility index (Phi) is 22.7. The minimum absolute atomic E-state index is 1.01. The van der Waals surface area contributed by atoms with Crippen molar-refractivity contribution in [3.8, 4) is 0 Å². The molecule has 10 aliphatic carbocycles. The summed E-state index contributed by atoms with van der Waals surface area (Å²) in [6, 6.07) is 0. The van der Waals surface area contributed by atoms with Gasteiger partial charge in [0.05, 0.1) is 0 Å². The van der Waals surface area contributed by atoms with E-state index in [1.807, 2.05) is 0 Å². The molecule has 368 valence electrons. The highest BCUT2D eigenvalue weighted by Gasteiger charge is 2.46. The number of rotatable bonds is 6. The molecule has 63 heavy (non-hydrogen) atoms. The zero-order valence-corrected chi connectivity index (χ0v) is 44.7. The van der Waals surface area contributed by atoms with E-state index in [2.05, 4.69) is 62.3 Å². The molecule has 10 rings (SSSR count). The van der Waals surface area contributed by atoms with Crippen LogP contribution in [0.5, 0.6) is 0 Å². The van der Waals surface area contributed by atoms with E-state index in [-0.39, 0.29) is 0 Å². The van der Waals surface area contributed by atoms with Crippen LogP contribution in [0.15, 0.2) is 0 Å². The van der Waals surface area contributed by atoms with Crippen molar-refractivity contribution in [1.82, 2.24) is 0 Å². The number of unbranched alkanes of at least 4 members (excludes halogenated alkanes) is 2. The molecule has 0 aliphatic heterocycles. The molecule has 0 saturated heterocycles. The first-order valence-electron chi connectivity index (χ1n) is 30.5. The monoisotopic (exact) mass is 873 g/mol. The fourth-order valence-electron chi connectivity index (χ4n) is 18.7. The zero-order valence-electron chi connectivity index (χ0n) is 44.7. The highest BCUT2D eigenvalue weighted by Crippen LogP contribution is 2.55. The van der Waals surface area contributed by atoms with Crippen molar-refractivity contribution in [2.75, 3.05) is 0 Å². The Hall–Kier alpha value is 0. The van der Waals surface area contributed by atoms with Gasteiger partial charge in [0, 0.05) is 0 Å². The Morgan fingerprint density at radius 3 is 0.889 bits per heavy atom. The summed E-state index contributed by atoms with van der Waals surface area (Å²) in [6.45, 7) is 22.4. The van der Waals surface area contributed by atoms with E-state index in [0.29, 0.717) is 0 Å². The molecular weight excluding hydrogens is 757 g/mol. The van der Waals surface area contributed by atoms with Gasteiger partial charge in [-0.1, -0.05) is 210 Å². The fourth-order valence-corrected chi connectivity index (χ4v) is 18.7. The standard InChI is InChI=1S/2C18H32.C12H22.C10H20.C5H10/c2*1-12-10-14(3)18(11-12)17-8-4-6-13(2)15-7-5-9-16(15)17;1-9-5-3-6-10(2)12-8-4-7-11(9)12;1-2-3-4-7-10-8-5-6-9-10;1-2-4-5-3-1/h2*12-18H,4-11H2,1-3H3;9-12H,3-8H2,1-2H3;10H,2-9H2,1H3;1-5H2. The third-order valence-electron chi connectivity index (χ3n) is 22.0. The van der Waals surface area contributed by atoms with Crippen LogP contribution in [0.1, 0.15) is 287 Å². The maximum Gasteiger partial charge on any atom is -0.0352 e. The highest BCUT2D eigenvalue weighted by atomic mass is 14.5. The van der Waals surface area contributed by atoms with Crippen molar-refractivity contribution >= 4 is 0 Å². The van der Waals surface area contributed by atoms with Crippen molar-refractivity contribution in [3.05, 3.63) is 0 Å². The third kappa shape index (κ3) is 15.2. The van der Waals surface area contributed by atoms with Gasteiger partial charge in [0.15, 0.2) is 0 Å². The fraction of sp³-hybridized carbons (Fsp3) is 1.00. The number of fused-ring (bicyclic) bond motifs is 3. The molecule has 0 heterocycles. The molecule has 0 aromatic rings. The lowest BCUT2D eigenvalue weighted by Gasteiger charge is -2.34. The topological polar surface area (TPSA) is 0 Å². The largest absolute Gasteiger partial charge is 0.0654 e. The summed E-state index contributed by atoms with van der Waals surface area (Å²) >= 11 is 0. The molecule has 10 aliphatic rings. The van der Waals surface area contributed by atoms with E-state index >= 15 is 0 Å². The van der Waals surface area contributed by atoms with E-state index in [0.717, 1.165) is 112 Å². The number of hydrogen-bond acceptors (Lipinski definition) is 0. The second kappa shape index (κ2) is 27.3. The SMILES string of the molecule is C1CCCC1.CC1CC(C)C(C2CCCC(C)C3CCCC32)C1.CC1CC(C)C(C2CCCC(C)C3CCCC32)C1.CC1CCCC(C)C2CCCC12.CCCCCC1CCCC1. The summed E-state index contributed by atoms with van der Waals surface area (Å²) < 4.78 is 0. The van der Waals surface area contributed by atoms with Crippen molar-refractivity contribution in [2.24, 2.45) is 112 Å². The number of hydrogen-bond donors (Lipinski definition) is 0. The molecular formula is C63H116. The predicted molar refractivity (Wildman–Crippen MR) is 279 cm³/mol. The second-order valence-corrected chi connectivity index (χ2v) is 26.7. The maximum atomic E-state index is 2.55. The first-order chi connectivity index (χ1) is 30.5. The molecule has 0 radical (unpaired) electrons. The van der Waals surface area contributed by atoms with Crippen LogP contribution in [-0.2, 0) is 0 Å². The van der Waals surface area contributed by atoms with Gasteiger partial charge < -0.3 is 0 Å². The summed E-state index contributed by atoms with van der Waals surface area (Å²) in [7, 11) is 0. The van der Waals surface area contributed by atoms with Crippen molar-refractivity contribution in [1.29, 1.82) is 0 Å². The van der Waals surface area contributed by atoms with Gasteiger partial charge in [0.1, 0.15) is 0 Å². The molecule has 0 spiro atoms. The lowest BCUT2D eigenvalue weighted by atomic mass is 9.71. The Labute approximate surface area is 397 Å². The molecule has 0 bridgehead atoms. The van der Waals surface area contributed by atoms with Gasteiger partial charge in [0.25, 0.3) is 0 Å². The van der Waals surface area contributed by atoms with E-state index in [1.165, 1.54) is 173 Å². The van der Waals surface area contributed by atoms with Crippen molar-refractivity contribution < 1.29 is 0 Å². The summed E-state index contributed by atoms with van der Waals surface area (Å²) in [5.41, 5.74) is 0. The lowest BCUT2D eigenvalue weighted by molar-refractivity contribution is 0.141. The van der Waals surface area contributed by atoms with Gasteiger partial charge in [-0.25, -0.2) is 0 Å². The van der Waals surface area contributed by atoms with E-state index in [9.17, 15) is 0 Å². The molecule has 0 N–H and O–H groups in total. The average molecular weight is 874 g/mol. The smallest absolute Gasteiger partial charge is 0.0352 e. The quantitative estimate of drug-likeness (QED) is 0.233. The Morgan fingerprint density at radius 1 is 0.254 bits per heavy atom. The second-order valence-electron chi connectivity index (χ2n) is 26.7. The molecule has 0 amide bonds. The van der Waals surface area contributed by atoms with Crippen LogP contribution >= 0.6 is 0 Å². The van der Waals surface area contributed by atoms with Crippen LogP contribution in [-0.4, -0.2) is 0 Å². The molecule has 0 aromatic carbocycles. The molecule has 10 saturated carbocycles. The van der Waals surface area contributed by atoms with Gasteiger partial charge in [-0.05, 0) is 189 Å². The van der Waals surface area contributed by atoms with Crippen LogP contribution in [0.25, 0.3) is 0 Å². The van der Waals surface area contributed by atoms with Crippen LogP contribution in [0.4, 0.5) is 0 Å². The van der Waals surface area contributed by atoms with E-state index in [1.54, 1.807) is 51.4 Å². The summed E-state index contributed by atoms with van der Waals surface area (Å²) in [4.78, 5) is 0. The van der Waals surface area contributed by atoms with Crippen molar-refractivity contribution in [2.45, 2.75) is 287 Å². The lowest BCUT2D eigenvalue weighted by Crippen LogP contribution is -2.28. The van der Waals surface area contributed by atoms with Gasteiger partial charge in [-0.15, -0.1) is 0 Å². The van der Waals surface area contributed by atoms with Crippen LogP contribution in [0.3, 0.4) is 0 Å². The first-order valence-corrected chi connectivity index (χ1v) is 30.5. The zero-order chi connectivity index (χ0) is 44.7. The van der Waals surface area contributed by atoms with Gasteiger partial charge in [0.2, 0.25) is 0 Å². The molecule has 0 aromatic heterocycles. The summed E-state index contributed by atoms with van der Waals surface area (Å²) in [5.74, 6) is 20.2. The Morgan fingerprint density at radius 2 is 0.556 bits per heavy atom. The first kappa shape index (κ1) is 52.4. The van der Waals surface area contributed by atoms with Crippen LogP contribution < -0.4 is 0 Å². The molecule has 10 fully saturated rings. The van der Waals surface area contributed by atoms with Gasteiger partial charge in [-0.2, -0.15) is 0 Å². The van der Waals surface area contributed by atoms with Crippen LogP contribution in [0, 0.1) is 112 Å². The summed E-state index contributed by atoms with van der Waals surface area (Å²) in [5, 5.41) is 0. The van der Waals surface area contributed by atoms with Gasteiger partial charge >= 0.3 is 0 Å².